The fourth-order valence-electron chi connectivity index (χ4n) is 1.80. The molecule has 6 nitrogen and oxygen atoms in total. The van der Waals surface area contributed by atoms with Gasteiger partial charge in [-0.1, -0.05) is 20.8 Å². The molecule has 0 saturated heterocycles. The topological polar surface area (TPSA) is 89.3 Å². The largest absolute Gasteiger partial charge is 0.377 e. The van der Waals surface area contributed by atoms with Crippen LogP contribution in [-0.2, 0) is 10.2 Å². The molecular formula is C15H26N4O2. The molecule has 1 amide bonds. The number of nitrogen functional groups attached to an aromatic ring is 1. The fraction of sp³-hybridized carbons (Fsp3) is 0.600. The average Bonchev–Trinajstić information content (AvgIpc) is 2.43. The Labute approximate surface area is 126 Å². The van der Waals surface area contributed by atoms with Crippen molar-refractivity contribution in [2.75, 3.05) is 18.6 Å². The van der Waals surface area contributed by atoms with E-state index in [0.717, 1.165) is 5.69 Å². The molecule has 0 aliphatic heterocycles. The van der Waals surface area contributed by atoms with Gasteiger partial charge in [0, 0.05) is 29.8 Å². The molecule has 0 saturated carbocycles. The summed E-state index contributed by atoms with van der Waals surface area (Å²) in [6.45, 7) is 11.0. The Morgan fingerprint density at radius 2 is 2.10 bits per heavy atom. The van der Waals surface area contributed by atoms with Gasteiger partial charge in [0.1, 0.15) is 5.82 Å². The number of amides is 1. The number of hydrazine groups is 1. The van der Waals surface area contributed by atoms with E-state index in [1.807, 2.05) is 34.6 Å². The van der Waals surface area contributed by atoms with Crippen LogP contribution in [0.25, 0.3) is 0 Å². The van der Waals surface area contributed by atoms with Crippen molar-refractivity contribution < 1.29 is 9.53 Å². The molecule has 0 aliphatic rings. The predicted octanol–water partition coefficient (Wildman–Crippen LogP) is 1.82. The number of nitrogens with one attached hydrogen (secondary N) is 2. The monoisotopic (exact) mass is 294 g/mol. The third-order valence-electron chi connectivity index (χ3n) is 3.01. The van der Waals surface area contributed by atoms with Crippen molar-refractivity contribution in [1.82, 2.24) is 10.3 Å². The first-order chi connectivity index (χ1) is 9.77. The first kappa shape index (κ1) is 17.4. The van der Waals surface area contributed by atoms with Gasteiger partial charge in [0.25, 0.3) is 5.91 Å². The standard InChI is InChI=1S/C15H26N4O2/c1-6-21-10(2)9-17-14(20)11-7-12(15(3,4)5)18-13(8-11)19-16/h7-8,10H,6,9,16H2,1-5H3,(H,17,20)(H,18,19). The Kier molecular flexibility index (Phi) is 6.11. The van der Waals surface area contributed by atoms with E-state index in [9.17, 15) is 4.79 Å². The number of nitrogens with two attached hydrogens (primary N) is 1. The molecule has 1 heterocycles. The fourth-order valence-corrected chi connectivity index (χ4v) is 1.80. The number of anilines is 1. The molecule has 21 heavy (non-hydrogen) atoms. The highest BCUT2D eigenvalue weighted by Gasteiger charge is 2.19. The lowest BCUT2D eigenvalue weighted by atomic mass is 9.90. The van der Waals surface area contributed by atoms with Gasteiger partial charge in [0.05, 0.1) is 6.10 Å². The van der Waals surface area contributed by atoms with Crippen LogP contribution in [0.4, 0.5) is 5.82 Å². The quantitative estimate of drug-likeness (QED) is 0.550. The van der Waals surface area contributed by atoms with Crippen LogP contribution in [0.2, 0.25) is 0 Å². The highest BCUT2D eigenvalue weighted by Crippen LogP contribution is 2.23. The highest BCUT2D eigenvalue weighted by atomic mass is 16.5. The molecule has 0 bridgehead atoms. The number of hydrogen-bond donors (Lipinski definition) is 3. The molecule has 4 N–H and O–H groups in total. The molecule has 1 atom stereocenters. The van der Waals surface area contributed by atoms with Crippen molar-refractivity contribution in [3.8, 4) is 0 Å². The van der Waals surface area contributed by atoms with Crippen LogP contribution in [0, 0.1) is 0 Å². The molecule has 1 aromatic rings. The van der Waals surface area contributed by atoms with E-state index in [-0.39, 0.29) is 17.4 Å². The van der Waals surface area contributed by atoms with Gasteiger partial charge in [-0.15, -0.1) is 0 Å². The van der Waals surface area contributed by atoms with Gasteiger partial charge in [-0.25, -0.2) is 10.8 Å². The molecule has 1 rings (SSSR count). The summed E-state index contributed by atoms with van der Waals surface area (Å²) in [5.74, 6) is 5.74. The minimum atomic E-state index is -0.166. The van der Waals surface area contributed by atoms with Gasteiger partial charge in [0.2, 0.25) is 0 Å². The van der Waals surface area contributed by atoms with Crippen molar-refractivity contribution in [3.63, 3.8) is 0 Å². The smallest absolute Gasteiger partial charge is 0.251 e. The molecule has 118 valence electrons. The first-order valence-corrected chi connectivity index (χ1v) is 7.17. The zero-order valence-electron chi connectivity index (χ0n) is 13.5. The second kappa shape index (κ2) is 7.38. The Bertz CT molecular complexity index is 483. The molecule has 0 spiro atoms. The van der Waals surface area contributed by atoms with Crippen molar-refractivity contribution in [3.05, 3.63) is 23.4 Å². The molecule has 0 aromatic carbocycles. The summed E-state index contributed by atoms with van der Waals surface area (Å²) in [6, 6.07) is 3.43. The highest BCUT2D eigenvalue weighted by molar-refractivity contribution is 5.95. The van der Waals surface area contributed by atoms with Crippen LogP contribution < -0.4 is 16.6 Å². The third kappa shape index (κ3) is 5.32. The van der Waals surface area contributed by atoms with Crippen molar-refractivity contribution in [1.29, 1.82) is 0 Å². The van der Waals surface area contributed by atoms with E-state index >= 15 is 0 Å². The summed E-state index contributed by atoms with van der Waals surface area (Å²) in [5, 5.41) is 2.85. The number of aromatic nitrogens is 1. The summed E-state index contributed by atoms with van der Waals surface area (Å²) in [7, 11) is 0. The minimum absolute atomic E-state index is 0.0185. The predicted molar refractivity (Wildman–Crippen MR) is 84.2 cm³/mol. The molecule has 0 fully saturated rings. The van der Waals surface area contributed by atoms with Crippen LogP contribution in [0.15, 0.2) is 12.1 Å². The number of carbonyl (C=O) groups excluding carboxylic acids is 1. The van der Waals surface area contributed by atoms with Crippen LogP contribution >= 0.6 is 0 Å². The van der Waals surface area contributed by atoms with E-state index in [0.29, 0.717) is 24.5 Å². The number of hydrogen-bond acceptors (Lipinski definition) is 5. The van der Waals surface area contributed by atoms with Gasteiger partial charge < -0.3 is 15.5 Å². The van der Waals surface area contributed by atoms with E-state index in [1.165, 1.54) is 0 Å². The minimum Gasteiger partial charge on any atom is -0.377 e. The number of carbonyl (C=O) groups is 1. The molecular weight excluding hydrogens is 268 g/mol. The Morgan fingerprint density at radius 1 is 1.43 bits per heavy atom. The second-order valence-corrected chi connectivity index (χ2v) is 6.00. The Hall–Kier alpha value is -1.66. The Morgan fingerprint density at radius 3 is 2.62 bits per heavy atom. The lowest BCUT2D eigenvalue weighted by molar-refractivity contribution is 0.0695. The number of pyridine rings is 1. The van der Waals surface area contributed by atoms with E-state index in [2.05, 4.69) is 15.7 Å². The van der Waals surface area contributed by atoms with Crippen molar-refractivity contribution in [2.45, 2.75) is 46.1 Å². The lowest BCUT2D eigenvalue weighted by Gasteiger charge is -2.20. The number of rotatable bonds is 6. The second-order valence-electron chi connectivity index (χ2n) is 6.00. The molecule has 6 heteroatoms. The molecule has 1 aromatic heterocycles. The maximum atomic E-state index is 12.2. The summed E-state index contributed by atoms with van der Waals surface area (Å²) in [4.78, 5) is 16.6. The SMILES string of the molecule is CCOC(C)CNC(=O)c1cc(NN)nc(C(C)(C)C)c1. The number of ether oxygens (including phenoxy) is 1. The van der Waals surface area contributed by atoms with Crippen LogP contribution in [-0.4, -0.2) is 30.1 Å². The Balaban J connectivity index is 2.88. The maximum absolute atomic E-state index is 12.2. The average molecular weight is 294 g/mol. The van der Waals surface area contributed by atoms with Crippen molar-refractivity contribution >= 4 is 11.7 Å². The summed E-state index contributed by atoms with van der Waals surface area (Å²) in [5.41, 5.74) is 3.68. The van der Waals surface area contributed by atoms with Crippen LogP contribution in [0.1, 0.15) is 50.7 Å². The molecule has 1 unspecified atom stereocenters. The van der Waals surface area contributed by atoms with Crippen LogP contribution in [0.5, 0.6) is 0 Å². The molecule has 0 radical (unpaired) electrons. The zero-order valence-corrected chi connectivity index (χ0v) is 13.5. The van der Waals surface area contributed by atoms with Gasteiger partial charge >= 0.3 is 0 Å². The zero-order chi connectivity index (χ0) is 16.0. The summed E-state index contributed by atoms with van der Waals surface area (Å²) in [6.07, 6.45) is -0.0185. The number of nitrogens with zero attached hydrogens (tertiary/aromatic N) is 1. The third-order valence-corrected chi connectivity index (χ3v) is 3.01. The molecule has 0 aliphatic carbocycles. The van der Waals surface area contributed by atoms with Gasteiger partial charge in [-0.2, -0.15) is 0 Å². The maximum Gasteiger partial charge on any atom is 0.251 e. The normalized spacial score (nSPS) is 12.9. The van der Waals surface area contributed by atoms with E-state index in [4.69, 9.17) is 10.6 Å². The van der Waals surface area contributed by atoms with E-state index in [1.54, 1.807) is 12.1 Å². The van der Waals surface area contributed by atoms with Gasteiger partial charge in [-0.3, -0.25) is 4.79 Å². The van der Waals surface area contributed by atoms with Gasteiger partial charge in [-0.05, 0) is 26.0 Å². The lowest BCUT2D eigenvalue weighted by Crippen LogP contribution is -2.32. The van der Waals surface area contributed by atoms with Gasteiger partial charge in [0.15, 0.2) is 0 Å². The van der Waals surface area contributed by atoms with Crippen molar-refractivity contribution in [2.24, 2.45) is 5.84 Å². The summed E-state index contributed by atoms with van der Waals surface area (Å²) >= 11 is 0. The van der Waals surface area contributed by atoms with E-state index < -0.39 is 0 Å². The summed E-state index contributed by atoms with van der Waals surface area (Å²) < 4.78 is 5.39. The first-order valence-electron chi connectivity index (χ1n) is 7.17. The van der Waals surface area contributed by atoms with Crippen LogP contribution in [0.3, 0.4) is 0 Å².